The molecule has 0 aromatic carbocycles. The van der Waals surface area contributed by atoms with Gasteiger partial charge in [0.2, 0.25) is 0 Å². The molecular formula is C74H124O6. The number of ether oxygens (including phenoxy) is 3. The lowest BCUT2D eigenvalue weighted by atomic mass is 10.0. The van der Waals surface area contributed by atoms with Crippen LogP contribution in [0.2, 0.25) is 0 Å². The highest BCUT2D eigenvalue weighted by Gasteiger charge is 2.19. The van der Waals surface area contributed by atoms with E-state index in [0.29, 0.717) is 19.3 Å². The normalized spacial score (nSPS) is 12.9. The van der Waals surface area contributed by atoms with E-state index in [4.69, 9.17) is 14.2 Å². The van der Waals surface area contributed by atoms with Crippen LogP contribution in [-0.2, 0) is 28.6 Å². The molecule has 0 fully saturated rings. The lowest BCUT2D eigenvalue weighted by Gasteiger charge is -2.18. The van der Waals surface area contributed by atoms with E-state index in [1.165, 1.54) is 148 Å². The summed E-state index contributed by atoms with van der Waals surface area (Å²) < 4.78 is 16.9. The summed E-state index contributed by atoms with van der Waals surface area (Å²) in [6.45, 7) is 6.49. The predicted molar refractivity (Wildman–Crippen MR) is 348 cm³/mol. The maximum atomic E-state index is 12.9. The van der Waals surface area contributed by atoms with Crippen molar-refractivity contribution in [1.82, 2.24) is 0 Å². The number of rotatable bonds is 60. The van der Waals surface area contributed by atoms with Crippen LogP contribution in [0.25, 0.3) is 0 Å². The van der Waals surface area contributed by atoms with Crippen molar-refractivity contribution in [3.8, 4) is 0 Å². The molecule has 456 valence electrons. The highest BCUT2D eigenvalue weighted by Crippen LogP contribution is 2.16. The topological polar surface area (TPSA) is 78.9 Å². The molecule has 1 atom stereocenters. The van der Waals surface area contributed by atoms with Crippen LogP contribution >= 0.6 is 0 Å². The van der Waals surface area contributed by atoms with E-state index in [1.54, 1.807) is 0 Å². The molecule has 0 bridgehead atoms. The van der Waals surface area contributed by atoms with Gasteiger partial charge in [-0.3, -0.25) is 14.4 Å². The first kappa shape index (κ1) is 75.8. The zero-order chi connectivity index (χ0) is 57.8. The molecule has 6 heteroatoms. The Labute approximate surface area is 494 Å². The SMILES string of the molecule is CC/C=C\C/C=C\C/C=C\C/C=C\C/C=C\C/C=C\C/C=C\CCCCCC(=O)OCC(COC(=O)CCCCCCC/C=C\CCCCCCC)OC(=O)CCCCCCCCCCCCC/C=C\C/C=C\CCCCCCC. The fourth-order valence-electron chi connectivity index (χ4n) is 9.15. The summed E-state index contributed by atoms with van der Waals surface area (Å²) in [5.41, 5.74) is 0. The average molecular weight is 1110 g/mol. The zero-order valence-electron chi connectivity index (χ0n) is 52.3. The van der Waals surface area contributed by atoms with Gasteiger partial charge in [-0.25, -0.2) is 0 Å². The fraction of sp³-hybridized carbons (Fsp3) is 0.689. The Hall–Kier alpha value is -4.19. The van der Waals surface area contributed by atoms with E-state index in [0.717, 1.165) is 122 Å². The second kappa shape index (κ2) is 67.3. The molecule has 0 amide bonds. The minimum Gasteiger partial charge on any atom is -0.462 e. The highest BCUT2D eigenvalue weighted by atomic mass is 16.6. The lowest BCUT2D eigenvalue weighted by Crippen LogP contribution is -2.30. The molecule has 1 unspecified atom stereocenters. The van der Waals surface area contributed by atoms with Crippen molar-refractivity contribution < 1.29 is 28.6 Å². The van der Waals surface area contributed by atoms with Gasteiger partial charge in [-0.05, 0) is 135 Å². The van der Waals surface area contributed by atoms with Crippen molar-refractivity contribution in [2.45, 2.75) is 316 Å². The number of esters is 3. The summed E-state index contributed by atoms with van der Waals surface area (Å²) in [5.74, 6) is -0.932. The van der Waals surface area contributed by atoms with Gasteiger partial charge in [-0.15, -0.1) is 0 Å². The van der Waals surface area contributed by atoms with Gasteiger partial charge < -0.3 is 14.2 Å². The van der Waals surface area contributed by atoms with E-state index in [1.807, 2.05) is 0 Å². The third-order valence-corrected chi connectivity index (χ3v) is 14.2. The largest absolute Gasteiger partial charge is 0.462 e. The summed E-state index contributed by atoms with van der Waals surface area (Å²) >= 11 is 0. The first-order chi connectivity index (χ1) is 39.5. The summed E-state index contributed by atoms with van der Waals surface area (Å²) in [6, 6.07) is 0. The molecule has 0 aliphatic rings. The van der Waals surface area contributed by atoms with Crippen LogP contribution in [0.1, 0.15) is 310 Å². The molecule has 0 aliphatic carbocycles. The maximum absolute atomic E-state index is 12.9. The summed E-state index contributed by atoms with van der Waals surface area (Å²) in [4.78, 5) is 38.4. The third-order valence-electron chi connectivity index (χ3n) is 14.2. The third kappa shape index (κ3) is 64.6. The monoisotopic (exact) mass is 1110 g/mol. The van der Waals surface area contributed by atoms with Crippen molar-refractivity contribution in [1.29, 1.82) is 0 Å². The number of carbonyl (C=O) groups excluding carboxylic acids is 3. The van der Waals surface area contributed by atoms with Crippen LogP contribution in [0.4, 0.5) is 0 Å². The van der Waals surface area contributed by atoms with Crippen LogP contribution < -0.4 is 0 Å². The molecule has 0 aromatic rings. The number of carbonyl (C=O) groups is 3. The molecule has 0 N–H and O–H groups in total. The molecule has 80 heavy (non-hydrogen) atoms. The Balaban J connectivity index is 4.43. The van der Waals surface area contributed by atoms with Gasteiger partial charge in [0.05, 0.1) is 0 Å². The Morgan fingerprint density at radius 2 is 0.487 bits per heavy atom. The van der Waals surface area contributed by atoms with Crippen LogP contribution in [0.15, 0.2) is 122 Å². The van der Waals surface area contributed by atoms with Gasteiger partial charge in [0.15, 0.2) is 6.10 Å². The zero-order valence-corrected chi connectivity index (χ0v) is 52.3. The number of hydrogen-bond acceptors (Lipinski definition) is 6. The van der Waals surface area contributed by atoms with Crippen molar-refractivity contribution >= 4 is 17.9 Å². The van der Waals surface area contributed by atoms with Gasteiger partial charge in [0, 0.05) is 19.3 Å². The van der Waals surface area contributed by atoms with Crippen molar-refractivity contribution in [3.63, 3.8) is 0 Å². The molecule has 0 saturated carbocycles. The minimum atomic E-state index is -0.801. The van der Waals surface area contributed by atoms with Crippen molar-refractivity contribution in [3.05, 3.63) is 122 Å². The maximum Gasteiger partial charge on any atom is 0.306 e. The van der Waals surface area contributed by atoms with Gasteiger partial charge in [0.25, 0.3) is 0 Å². The summed E-state index contributed by atoms with van der Waals surface area (Å²) in [7, 11) is 0. The van der Waals surface area contributed by atoms with E-state index in [-0.39, 0.29) is 31.1 Å². The summed E-state index contributed by atoms with van der Waals surface area (Å²) in [5, 5.41) is 0. The number of allylic oxidation sites excluding steroid dienone is 20. The van der Waals surface area contributed by atoms with E-state index < -0.39 is 6.10 Å². The van der Waals surface area contributed by atoms with Gasteiger partial charge in [0.1, 0.15) is 13.2 Å². The van der Waals surface area contributed by atoms with Crippen LogP contribution in [0, 0.1) is 0 Å². The molecule has 0 saturated heterocycles. The standard InChI is InChI=1S/C74H124O6/c1-4-7-10-13-16-19-22-25-28-30-32-34-36-37-39-40-42-44-46-49-52-55-58-61-64-67-73(76)79-70-71(69-78-72(75)66-63-60-57-54-51-48-27-24-21-18-15-12-9-6-3)80-74(77)68-65-62-59-56-53-50-47-45-43-41-38-35-33-31-29-26-23-20-17-14-11-8-5-2/h7,10,16,19,23-28,31-34,37,39,42,44,49,52,71H,4-6,8-9,11-15,17-18,20-22,29-30,35-36,38,40-41,43,45-48,50-51,53-70H2,1-3H3/b10-7-,19-16-,26-23-,27-24-,28-25-,33-31-,34-32-,39-37-,44-42-,52-49-. The van der Waals surface area contributed by atoms with Gasteiger partial charge in [-0.1, -0.05) is 277 Å². The van der Waals surface area contributed by atoms with Crippen molar-refractivity contribution in [2.75, 3.05) is 13.2 Å². The molecule has 0 aromatic heterocycles. The molecule has 0 rings (SSSR count). The van der Waals surface area contributed by atoms with Gasteiger partial charge in [-0.2, -0.15) is 0 Å². The Morgan fingerprint density at radius 1 is 0.263 bits per heavy atom. The van der Waals surface area contributed by atoms with Crippen molar-refractivity contribution in [2.24, 2.45) is 0 Å². The van der Waals surface area contributed by atoms with Crippen LogP contribution in [0.5, 0.6) is 0 Å². The second-order valence-corrected chi connectivity index (χ2v) is 22.0. The van der Waals surface area contributed by atoms with Gasteiger partial charge >= 0.3 is 17.9 Å². The van der Waals surface area contributed by atoms with E-state index in [2.05, 4.69) is 142 Å². The van der Waals surface area contributed by atoms with E-state index in [9.17, 15) is 14.4 Å². The highest BCUT2D eigenvalue weighted by molar-refractivity contribution is 5.71. The Kier molecular flexibility index (Phi) is 63.8. The fourth-order valence-corrected chi connectivity index (χ4v) is 9.15. The van der Waals surface area contributed by atoms with Crippen LogP contribution in [-0.4, -0.2) is 37.2 Å². The Bertz CT molecular complexity index is 1650. The molecule has 0 heterocycles. The summed E-state index contributed by atoms with van der Waals surface area (Å²) in [6.07, 6.45) is 93.5. The average Bonchev–Trinajstić information content (AvgIpc) is 3.46. The number of unbranched alkanes of at least 4 members (excludes halogenated alkanes) is 29. The van der Waals surface area contributed by atoms with Crippen LogP contribution in [0.3, 0.4) is 0 Å². The first-order valence-electron chi connectivity index (χ1n) is 33.5. The number of hydrogen-bond donors (Lipinski definition) is 0. The second-order valence-electron chi connectivity index (χ2n) is 22.0. The molecule has 0 radical (unpaired) electrons. The molecular weight excluding hydrogens is 985 g/mol. The molecule has 6 nitrogen and oxygen atoms in total. The Morgan fingerprint density at radius 3 is 0.787 bits per heavy atom. The smallest absolute Gasteiger partial charge is 0.306 e. The molecule has 0 spiro atoms. The first-order valence-corrected chi connectivity index (χ1v) is 33.5. The minimum absolute atomic E-state index is 0.0953. The predicted octanol–water partition coefficient (Wildman–Crippen LogP) is 23.2. The molecule has 0 aliphatic heterocycles. The lowest BCUT2D eigenvalue weighted by molar-refractivity contribution is -0.167. The quantitative estimate of drug-likeness (QED) is 0.0261. The van der Waals surface area contributed by atoms with E-state index >= 15 is 0 Å².